The summed E-state index contributed by atoms with van der Waals surface area (Å²) in [6.45, 7) is 17.7. The number of aliphatic carboxylic acids is 1. The maximum absolute atomic E-state index is 12.8. The first kappa shape index (κ1) is 30.5. The summed E-state index contributed by atoms with van der Waals surface area (Å²) in [5.74, 6) is -0.992. The van der Waals surface area contributed by atoms with E-state index in [1.807, 2.05) is 40.7 Å². The zero-order valence-electron chi connectivity index (χ0n) is 26.9. The fraction of sp³-hybridized carbons (Fsp3) is 0.486. The molecule has 0 amide bonds. The van der Waals surface area contributed by atoms with Gasteiger partial charge in [-0.05, 0) is 88.1 Å². The van der Waals surface area contributed by atoms with E-state index in [0.717, 1.165) is 83.4 Å². The number of anilines is 2. The minimum Gasteiger partial charge on any atom is -0.479 e. The van der Waals surface area contributed by atoms with Crippen molar-refractivity contribution in [3.8, 4) is 11.1 Å². The number of aryl methyl sites for hydroxylation is 2. The number of thiazole rings is 1. The lowest BCUT2D eigenvalue weighted by Crippen LogP contribution is -2.39. The number of benzene rings is 1. The van der Waals surface area contributed by atoms with Gasteiger partial charge in [0.2, 0.25) is 0 Å². The lowest BCUT2D eigenvalue weighted by atomic mass is 9.81. The Morgan fingerprint density at radius 1 is 1.02 bits per heavy atom. The molecule has 1 aromatic carbocycles. The third kappa shape index (κ3) is 6.04. The number of carboxylic acid groups (broad SMARTS) is 1. The average Bonchev–Trinajstić information content (AvgIpc) is 3.39. The molecule has 0 aliphatic carbocycles. The number of ether oxygens (including phenoxy) is 1. The summed E-state index contributed by atoms with van der Waals surface area (Å²) < 4.78 is 7.36. The average molecular weight is 614 g/mol. The van der Waals surface area contributed by atoms with E-state index >= 15 is 0 Å². The number of nitrogens with zero attached hydrogens (tertiary/aromatic N) is 5. The minimum atomic E-state index is -1.12. The lowest BCUT2D eigenvalue weighted by molar-refractivity contribution is -0.160. The molecule has 1 fully saturated rings. The first-order valence-corrected chi connectivity index (χ1v) is 16.4. The zero-order chi connectivity index (χ0) is 31.4. The van der Waals surface area contributed by atoms with Crippen molar-refractivity contribution >= 4 is 38.5 Å². The molecule has 6 rings (SSSR count). The number of fused-ring (bicyclic) bond motifs is 2. The number of rotatable bonds is 6. The van der Waals surface area contributed by atoms with Crippen molar-refractivity contribution < 1.29 is 14.6 Å². The number of aromatic nitrogens is 3. The van der Waals surface area contributed by atoms with Gasteiger partial charge in [-0.2, -0.15) is 4.98 Å². The smallest absolute Gasteiger partial charge is 0.337 e. The molecule has 3 aromatic heterocycles. The predicted octanol–water partition coefficient (Wildman–Crippen LogP) is 7.50. The summed E-state index contributed by atoms with van der Waals surface area (Å²) in [6, 6.07) is 10.7. The molecule has 0 saturated carbocycles. The standard InChI is InChI=1S/C35H43N5O3S/c1-21-27(24-10-11-25-20-40(16-12-23(25)19-24)33-38-31-26(44-33)9-8-15-36-31)29(39-17-13-35(6,7)14-18-39)28(22(2)37-21)30(32(41)42)43-34(3,4)5/h8-11,15,19,30H,12-14,16-18,20H2,1-7H3,(H,41,42)/t30-/m0/s1. The van der Waals surface area contributed by atoms with E-state index in [4.69, 9.17) is 14.7 Å². The van der Waals surface area contributed by atoms with Crippen LogP contribution in [-0.4, -0.2) is 51.3 Å². The van der Waals surface area contributed by atoms with Gasteiger partial charge in [-0.1, -0.05) is 43.4 Å². The Kier molecular flexibility index (Phi) is 7.91. The molecule has 0 spiro atoms. The second-order valence-electron chi connectivity index (χ2n) is 14.0. The summed E-state index contributed by atoms with van der Waals surface area (Å²) >= 11 is 1.69. The quantitative estimate of drug-likeness (QED) is 0.239. The maximum atomic E-state index is 12.8. The Morgan fingerprint density at radius 2 is 1.77 bits per heavy atom. The highest BCUT2D eigenvalue weighted by Gasteiger charge is 2.36. The molecule has 2 aliphatic heterocycles. The van der Waals surface area contributed by atoms with Gasteiger partial charge in [-0.3, -0.25) is 4.98 Å². The van der Waals surface area contributed by atoms with Gasteiger partial charge in [0.1, 0.15) is 0 Å². The van der Waals surface area contributed by atoms with Crippen molar-refractivity contribution in [3.05, 3.63) is 64.6 Å². The minimum absolute atomic E-state index is 0.249. The monoisotopic (exact) mass is 613 g/mol. The van der Waals surface area contributed by atoms with Crippen LogP contribution in [0.1, 0.15) is 81.6 Å². The van der Waals surface area contributed by atoms with Gasteiger partial charge in [-0.25, -0.2) is 9.78 Å². The molecule has 1 atom stereocenters. The maximum Gasteiger partial charge on any atom is 0.337 e. The van der Waals surface area contributed by atoms with E-state index < -0.39 is 17.7 Å². The first-order chi connectivity index (χ1) is 20.8. The Morgan fingerprint density at radius 3 is 2.45 bits per heavy atom. The third-order valence-corrected chi connectivity index (χ3v) is 9.97. The number of carboxylic acids is 1. The highest BCUT2D eigenvalue weighted by molar-refractivity contribution is 7.22. The van der Waals surface area contributed by atoms with Gasteiger partial charge in [0, 0.05) is 54.9 Å². The molecule has 9 heteroatoms. The number of hydrogen-bond donors (Lipinski definition) is 1. The van der Waals surface area contributed by atoms with Crippen LogP contribution >= 0.6 is 11.3 Å². The molecule has 5 heterocycles. The second kappa shape index (κ2) is 11.4. The second-order valence-corrected chi connectivity index (χ2v) is 15.0. The number of carbonyl (C=O) groups is 1. The molecular formula is C35H43N5O3S. The Labute approximate surface area is 264 Å². The third-order valence-electron chi connectivity index (χ3n) is 8.90. The molecule has 4 aromatic rings. The number of pyridine rings is 2. The highest BCUT2D eigenvalue weighted by atomic mass is 32.1. The van der Waals surface area contributed by atoms with E-state index in [2.05, 4.69) is 52.9 Å². The van der Waals surface area contributed by atoms with Crippen LogP contribution < -0.4 is 9.80 Å². The molecule has 232 valence electrons. The lowest BCUT2D eigenvalue weighted by Gasteiger charge is -2.41. The Bertz CT molecular complexity index is 1680. The summed E-state index contributed by atoms with van der Waals surface area (Å²) in [6.07, 6.45) is 3.63. The molecule has 0 radical (unpaired) electrons. The molecule has 2 aliphatic rings. The summed E-state index contributed by atoms with van der Waals surface area (Å²) in [5, 5.41) is 11.5. The van der Waals surface area contributed by atoms with Gasteiger partial charge in [0.05, 0.1) is 16.0 Å². The van der Waals surface area contributed by atoms with Crippen LogP contribution in [0.25, 0.3) is 21.5 Å². The van der Waals surface area contributed by atoms with Crippen LogP contribution in [0.4, 0.5) is 10.8 Å². The summed E-state index contributed by atoms with van der Waals surface area (Å²) in [5.41, 5.74) is 8.34. The topological polar surface area (TPSA) is 91.7 Å². The van der Waals surface area contributed by atoms with Crippen LogP contribution in [0.5, 0.6) is 0 Å². The van der Waals surface area contributed by atoms with Crippen LogP contribution in [-0.2, 0) is 22.5 Å². The van der Waals surface area contributed by atoms with Gasteiger partial charge < -0.3 is 19.6 Å². The van der Waals surface area contributed by atoms with Crippen molar-refractivity contribution in [1.29, 1.82) is 0 Å². The van der Waals surface area contributed by atoms with Crippen LogP contribution in [0.3, 0.4) is 0 Å². The molecule has 44 heavy (non-hydrogen) atoms. The van der Waals surface area contributed by atoms with Crippen LogP contribution in [0, 0.1) is 19.3 Å². The van der Waals surface area contributed by atoms with Crippen molar-refractivity contribution in [2.24, 2.45) is 5.41 Å². The molecule has 0 unspecified atom stereocenters. The van der Waals surface area contributed by atoms with Crippen LogP contribution in [0.2, 0.25) is 0 Å². The number of piperidine rings is 1. The molecular weight excluding hydrogens is 570 g/mol. The Balaban J connectivity index is 1.43. The SMILES string of the molecule is Cc1nc(C)c([C@H](OC(C)(C)C)C(=O)O)c(N2CCC(C)(C)CC2)c1-c1ccc2c(c1)CCN(c1nc3ncccc3s1)C2. The fourth-order valence-corrected chi connectivity index (χ4v) is 7.47. The van der Waals surface area contributed by atoms with Crippen molar-refractivity contribution in [2.45, 2.75) is 86.0 Å². The Hall–Kier alpha value is -3.56. The van der Waals surface area contributed by atoms with E-state index in [1.54, 1.807) is 17.5 Å². The van der Waals surface area contributed by atoms with Crippen molar-refractivity contribution in [1.82, 2.24) is 15.0 Å². The molecule has 8 nitrogen and oxygen atoms in total. The van der Waals surface area contributed by atoms with Crippen LogP contribution in [0.15, 0.2) is 36.5 Å². The molecule has 1 saturated heterocycles. The summed E-state index contributed by atoms with van der Waals surface area (Å²) in [7, 11) is 0. The fourth-order valence-electron chi connectivity index (χ4n) is 6.52. The summed E-state index contributed by atoms with van der Waals surface area (Å²) in [4.78, 5) is 31.7. The van der Waals surface area contributed by atoms with Gasteiger partial charge in [0.15, 0.2) is 16.9 Å². The first-order valence-electron chi connectivity index (χ1n) is 15.5. The van der Waals surface area contributed by atoms with E-state index in [9.17, 15) is 9.90 Å². The van der Waals surface area contributed by atoms with E-state index in [-0.39, 0.29) is 5.41 Å². The largest absolute Gasteiger partial charge is 0.479 e. The number of hydrogen-bond acceptors (Lipinski definition) is 8. The normalized spacial score (nSPS) is 17.5. The van der Waals surface area contributed by atoms with Gasteiger partial charge in [-0.15, -0.1) is 0 Å². The van der Waals surface area contributed by atoms with Gasteiger partial charge >= 0.3 is 5.97 Å². The van der Waals surface area contributed by atoms with Gasteiger partial charge in [0.25, 0.3) is 0 Å². The zero-order valence-corrected chi connectivity index (χ0v) is 27.7. The highest BCUT2D eigenvalue weighted by Crippen LogP contribution is 2.45. The van der Waals surface area contributed by atoms with Crippen molar-refractivity contribution in [2.75, 3.05) is 29.4 Å². The molecule has 1 N–H and O–H groups in total. The van der Waals surface area contributed by atoms with E-state index in [0.29, 0.717) is 11.3 Å². The van der Waals surface area contributed by atoms with Crippen molar-refractivity contribution in [3.63, 3.8) is 0 Å². The predicted molar refractivity (Wildman–Crippen MR) is 178 cm³/mol. The van der Waals surface area contributed by atoms with E-state index in [1.165, 1.54) is 11.1 Å². The molecule has 0 bridgehead atoms.